The summed E-state index contributed by atoms with van der Waals surface area (Å²) in [6.07, 6.45) is 3.14. The summed E-state index contributed by atoms with van der Waals surface area (Å²) in [5, 5.41) is 9.35. The van der Waals surface area contributed by atoms with Gasteiger partial charge in [-0.1, -0.05) is 13.0 Å². The number of aliphatic hydroxyl groups is 1. The van der Waals surface area contributed by atoms with Gasteiger partial charge >= 0.3 is 5.97 Å². The van der Waals surface area contributed by atoms with Crippen molar-refractivity contribution in [3.63, 3.8) is 0 Å². The van der Waals surface area contributed by atoms with Crippen LogP contribution >= 0.6 is 0 Å². The van der Waals surface area contributed by atoms with Crippen molar-refractivity contribution in [3.05, 3.63) is 36.9 Å². The van der Waals surface area contributed by atoms with Crippen LogP contribution in [0.1, 0.15) is 40.0 Å². The van der Waals surface area contributed by atoms with Gasteiger partial charge in [-0.25, -0.2) is 0 Å². The first-order valence-electron chi connectivity index (χ1n) is 13.0. The summed E-state index contributed by atoms with van der Waals surface area (Å²) >= 11 is 0. The maximum absolute atomic E-state index is 14.4. The molecule has 0 radical (unpaired) electrons. The molecule has 2 amide bonds. The molecule has 3 heterocycles. The molecule has 3 unspecified atom stereocenters. The van der Waals surface area contributed by atoms with Crippen molar-refractivity contribution >= 4 is 23.5 Å². The van der Waals surface area contributed by atoms with Crippen molar-refractivity contribution in [3.8, 4) is 5.75 Å². The van der Waals surface area contributed by atoms with Crippen molar-refractivity contribution < 1.29 is 33.7 Å². The Labute approximate surface area is 218 Å². The molecular formula is C28H38N2O7. The van der Waals surface area contributed by atoms with Crippen molar-refractivity contribution in [2.75, 3.05) is 38.3 Å². The van der Waals surface area contributed by atoms with E-state index in [-0.39, 0.29) is 44.0 Å². The highest BCUT2D eigenvalue weighted by Crippen LogP contribution is 2.65. The standard InChI is InChI=1S/C28H38N2O7/c1-6-14-29(19-10-12-20(35-5)13-11-19)25(33)23-28-17-18(3)27(4,37-28)22(26(34)36-7-2)21(28)24(32)30(23)15-8-9-16-31/h6,10-13,18,21-23,31H,1,7-9,14-17H2,2-5H3/t18?,21-,22+,23?,27-,28?/m0/s1. The largest absolute Gasteiger partial charge is 0.497 e. The number of unbranched alkanes of at least 4 members (excludes halogenated alkanes) is 1. The van der Waals surface area contributed by atoms with Gasteiger partial charge in [0.1, 0.15) is 23.3 Å². The summed E-state index contributed by atoms with van der Waals surface area (Å²) < 4.78 is 17.4. The van der Waals surface area contributed by atoms with E-state index in [0.717, 1.165) is 0 Å². The average molecular weight is 515 g/mol. The molecule has 0 aromatic heterocycles. The highest BCUT2D eigenvalue weighted by atomic mass is 16.6. The fourth-order valence-corrected chi connectivity index (χ4v) is 6.60. The topological polar surface area (TPSA) is 106 Å². The predicted octanol–water partition coefficient (Wildman–Crippen LogP) is 2.56. The molecule has 0 saturated carbocycles. The molecule has 1 aromatic rings. The minimum absolute atomic E-state index is 0.0132. The molecule has 1 N–H and O–H groups in total. The third-order valence-corrected chi connectivity index (χ3v) is 8.36. The minimum atomic E-state index is -1.15. The Balaban J connectivity index is 1.79. The number of carbonyl (C=O) groups excluding carboxylic acids is 3. The zero-order valence-electron chi connectivity index (χ0n) is 22.1. The maximum atomic E-state index is 14.4. The summed E-state index contributed by atoms with van der Waals surface area (Å²) in [5.41, 5.74) is -1.42. The van der Waals surface area contributed by atoms with Gasteiger partial charge in [-0.05, 0) is 63.3 Å². The molecule has 3 saturated heterocycles. The number of benzene rings is 1. The van der Waals surface area contributed by atoms with Crippen LogP contribution in [0.25, 0.3) is 0 Å². The van der Waals surface area contributed by atoms with Crippen molar-refractivity contribution in [2.24, 2.45) is 17.8 Å². The van der Waals surface area contributed by atoms with Crippen LogP contribution in [0.2, 0.25) is 0 Å². The third-order valence-electron chi connectivity index (χ3n) is 8.36. The molecule has 3 aliphatic rings. The second-order valence-corrected chi connectivity index (χ2v) is 10.4. The van der Waals surface area contributed by atoms with Gasteiger partial charge in [0.05, 0.1) is 25.2 Å². The van der Waals surface area contributed by atoms with Crippen molar-refractivity contribution in [2.45, 2.75) is 57.3 Å². The van der Waals surface area contributed by atoms with Gasteiger partial charge in [0.2, 0.25) is 5.91 Å². The lowest BCUT2D eigenvalue weighted by Gasteiger charge is -2.37. The first kappa shape index (κ1) is 27.1. The first-order chi connectivity index (χ1) is 17.7. The Morgan fingerprint density at radius 3 is 2.59 bits per heavy atom. The molecule has 2 bridgehead atoms. The van der Waals surface area contributed by atoms with E-state index in [1.807, 2.05) is 13.8 Å². The Bertz CT molecular complexity index is 1040. The second kappa shape index (κ2) is 10.5. The van der Waals surface area contributed by atoms with Crippen LogP contribution in [0.3, 0.4) is 0 Å². The highest BCUT2D eigenvalue weighted by Gasteiger charge is 2.80. The number of hydrogen-bond donors (Lipinski definition) is 1. The first-order valence-corrected chi connectivity index (χ1v) is 13.0. The van der Waals surface area contributed by atoms with Gasteiger partial charge in [0, 0.05) is 25.4 Å². The summed E-state index contributed by atoms with van der Waals surface area (Å²) in [6, 6.07) is 6.21. The number of nitrogens with zero attached hydrogens (tertiary/aromatic N) is 2. The Hall–Kier alpha value is -2.91. The molecule has 3 aliphatic heterocycles. The van der Waals surface area contributed by atoms with Gasteiger partial charge < -0.3 is 29.1 Å². The Morgan fingerprint density at radius 2 is 2.00 bits per heavy atom. The summed E-state index contributed by atoms with van der Waals surface area (Å²) in [5.74, 6) is -2.02. The second-order valence-electron chi connectivity index (χ2n) is 10.4. The summed E-state index contributed by atoms with van der Waals surface area (Å²) in [6.45, 7) is 10.1. The lowest BCUT2D eigenvalue weighted by molar-refractivity contribution is -0.161. The fraction of sp³-hybridized carbons (Fsp3) is 0.607. The Kier molecular flexibility index (Phi) is 7.67. The lowest BCUT2D eigenvalue weighted by atomic mass is 9.62. The summed E-state index contributed by atoms with van der Waals surface area (Å²) in [7, 11) is 1.57. The Morgan fingerprint density at radius 1 is 1.30 bits per heavy atom. The monoisotopic (exact) mass is 514 g/mol. The molecule has 9 heteroatoms. The van der Waals surface area contributed by atoms with Crippen LogP contribution in [0, 0.1) is 17.8 Å². The van der Waals surface area contributed by atoms with Crippen molar-refractivity contribution in [1.82, 2.24) is 4.90 Å². The number of amides is 2. The number of esters is 1. The lowest BCUT2D eigenvalue weighted by Crippen LogP contribution is -2.57. The molecule has 37 heavy (non-hydrogen) atoms. The van der Waals surface area contributed by atoms with Crippen LogP contribution in [0.5, 0.6) is 5.75 Å². The molecule has 0 aliphatic carbocycles. The predicted molar refractivity (Wildman–Crippen MR) is 137 cm³/mol. The van der Waals surface area contributed by atoms with Crippen molar-refractivity contribution in [1.29, 1.82) is 0 Å². The van der Waals surface area contributed by atoms with E-state index in [9.17, 15) is 19.5 Å². The van der Waals surface area contributed by atoms with Crippen LogP contribution in [0.4, 0.5) is 5.69 Å². The molecule has 202 valence electrons. The van der Waals surface area contributed by atoms with Crippen LogP contribution < -0.4 is 9.64 Å². The number of carbonyl (C=O) groups is 3. The fourth-order valence-electron chi connectivity index (χ4n) is 6.60. The van der Waals surface area contributed by atoms with E-state index in [4.69, 9.17) is 14.2 Å². The van der Waals surface area contributed by atoms with E-state index in [2.05, 4.69) is 6.58 Å². The minimum Gasteiger partial charge on any atom is -0.497 e. The highest BCUT2D eigenvalue weighted by molar-refractivity contribution is 6.04. The van der Waals surface area contributed by atoms with Crippen LogP contribution in [-0.4, -0.2) is 78.4 Å². The van der Waals surface area contributed by atoms with E-state index in [0.29, 0.717) is 30.7 Å². The number of methoxy groups -OCH3 is 1. The zero-order valence-corrected chi connectivity index (χ0v) is 22.1. The number of hydrogen-bond acceptors (Lipinski definition) is 7. The molecule has 6 atom stereocenters. The number of aliphatic hydroxyl groups excluding tert-OH is 1. The number of rotatable bonds is 11. The smallest absolute Gasteiger partial charge is 0.312 e. The quantitative estimate of drug-likeness (QED) is 0.275. The van der Waals surface area contributed by atoms with E-state index < -0.39 is 35.0 Å². The van der Waals surface area contributed by atoms with Gasteiger partial charge in [-0.3, -0.25) is 14.4 Å². The number of fused-ring (bicyclic) bond motifs is 1. The van der Waals surface area contributed by atoms with Gasteiger partial charge in [0.15, 0.2) is 0 Å². The zero-order chi connectivity index (χ0) is 27.0. The molecule has 1 aromatic carbocycles. The number of likely N-dealkylation sites (tertiary alicyclic amines) is 1. The number of anilines is 1. The van der Waals surface area contributed by atoms with Crippen LogP contribution in [-0.2, 0) is 23.9 Å². The number of ether oxygens (including phenoxy) is 3. The maximum Gasteiger partial charge on any atom is 0.312 e. The third kappa shape index (κ3) is 4.22. The van der Waals surface area contributed by atoms with Crippen LogP contribution in [0.15, 0.2) is 36.9 Å². The molecule has 9 nitrogen and oxygen atoms in total. The van der Waals surface area contributed by atoms with Gasteiger partial charge in [-0.15, -0.1) is 6.58 Å². The van der Waals surface area contributed by atoms with Gasteiger partial charge in [-0.2, -0.15) is 0 Å². The normalized spacial score (nSPS) is 31.8. The molecule has 3 fully saturated rings. The SMILES string of the molecule is C=CCN(C(=O)C1N(CCCCO)C(=O)[C@@H]2[C@H](C(=O)OCC)[C@@]3(C)OC12CC3C)c1ccc(OC)cc1. The summed E-state index contributed by atoms with van der Waals surface area (Å²) in [4.78, 5) is 44.8. The molecule has 4 rings (SSSR count). The molecule has 1 spiro atoms. The molecular weight excluding hydrogens is 476 g/mol. The van der Waals surface area contributed by atoms with Gasteiger partial charge in [0.25, 0.3) is 5.91 Å². The van der Waals surface area contributed by atoms with E-state index in [1.54, 1.807) is 54.2 Å². The van der Waals surface area contributed by atoms with E-state index >= 15 is 0 Å². The average Bonchev–Trinajstić information content (AvgIpc) is 3.39. The van der Waals surface area contributed by atoms with E-state index in [1.165, 1.54) is 0 Å².